The largest absolute Gasteiger partial charge is 0.337 e. The Kier molecular flexibility index (Phi) is 5.33. The van der Waals surface area contributed by atoms with Crippen molar-refractivity contribution in [3.05, 3.63) is 40.4 Å². The molecular weight excluding hydrogens is 380 g/mol. The van der Waals surface area contributed by atoms with Crippen LogP contribution in [0.25, 0.3) is 10.6 Å². The van der Waals surface area contributed by atoms with Crippen LogP contribution >= 0.6 is 23.7 Å². The van der Waals surface area contributed by atoms with E-state index < -0.39 is 11.6 Å². The maximum atomic E-state index is 13.5. The summed E-state index contributed by atoms with van der Waals surface area (Å²) < 4.78 is 26.6. The summed E-state index contributed by atoms with van der Waals surface area (Å²) in [5.74, 6) is -0.959. The molecule has 2 aliphatic rings. The Bertz CT molecular complexity index is 844. The normalized spacial score (nSPS) is 24.5. The van der Waals surface area contributed by atoms with Crippen LogP contribution in [0.3, 0.4) is 0 Å². The van der Waals surface area contributed by atoms with Gasteiger partial charge in [0.15, 0.2) is 11.6 Å². The number of aromatic nitrogens is 1. The zero-order chi connectivity index (χ0) is 17.7. The number of thiazole rings is 1. The summed E-state index contributed by atoms with van der Waals surface area (Å²) in [5.41, 5.74) is 7.24. The molecule has 1 aliphatic carbocycles. The van der Waals surface area contributed by atoms with Crippen molar-refractivity contribution in [2.24, 2.45) is 17.6 Å². The molecule has 26 heavy (non-hydrogen) atoms. The van der Waals surface area contributed by atoms with Gasteiger partial charge in [-0.1, -0.05) is 0 Å². The predicted octanol–water partition coefficient (Wildman–Crippen LogP) is 3.63. The fourth-order valence-electron chi connectivity index (χ4n) is 3.96. The molecule has 1 saturated carbocycles. The molecule has 3 atom stereocenters. The third kappa shape index (κ3) is 3.23. The molecular formula is C18H20ClF2N3OS. The van der Waals surface area contributed by atoms with E-state index in [2.05, 4.69) is 4.98 Å². The van der Waals surface area contributed by atoms with Gasteiger partial charge in [0.05, 0.1) is 5.69 Å². The van der Waals surface area contributed by atoms with Gasteiger partial charge in [-0.05, 0) is 49.8 Å². The van der Waals surface area contributed by atoms with Gasteiger partial charge in [-0.25, -0.2) is 13.8 Å². The monoisotopic (exact) mass is 399 g/mol. The summed E-state index contributed by atoms with van der Waals surface area (Å²) in [4.78, 5) is 19.7. The average Bonchev–Trinajstić information content (AvgIpc) is 3.26. The number of aryl methyl sites for hydroxylation is 1. The Morgan fingerprint density at radius 2 is 2.04 bits per heavy atom. The highest BCUT2D eigenvalue weighted by Crippen LogP contribution is 2.38. The number of hydrogen-bond donors (Lipinski definition) is 1. The van der Waals surface area contributed by atoms with Crippen LogP contribution in [0.2, 0.25) is 0 Å². The smallest absolute Gasteiger partial charge is 0.265 e. The van der Waals surface area contributed by atoms with Crippen LogP contribution in [-0.2, 0) is 0 Å². The fraction of sp³-hybridized carbons (Fsp3) is 0.444. The van der Waals surface area contributed by atoms with Crippen molar-refractivity contribution in [2.45, 2.75) is 25.8 Å². The molecule has 1 saturated heterocycles. The Balaban J connectivity index is 0.00000196. The van der Waals surface area contributed by atoms with Crippen LogP contribution in [0.5, 0.6) is 0 Å². The highest BCUT2D eigenvalue weighted by Gasteiger charge is 2.43. The lowest BCUT2D eigenvalue weighted by Gasteiger charge is -2.18. The Morgan fingerprint density at radius 3 is 2.73 bits per heavy atom. The van der Waals surface area contributed by atoms with E-state index in [1.54, 1.807) is 6.92 Å². The van der Waals surface area contributed by atoms with Gasteiger partial charge >= 0.3 is 0 Å². The molecule has 3 unspecified atom stereocenters. The molecule has 0 spiro atoms. The number of amides is 1. The summed E-state index contributed by atoms with van der Waals surface area (Å²) in [6.45, 7) is 3.22. The first-order chi connectivity index (χ1) is 11.9. The standard InChI is InChI=1S/C18H19F2N3OS.ClH/c1-9-16(18(24)23-7-11-3-5-15(21)12(11)8-23)25-17(22-9)10-2-4-13(19)14(20)6-10;/h2,4,6,11-12,15H,3,5,7-8,21H2,1H3;1H. The van der Waals surface area contributed by atoms with Crippen molar-refractivity contribution < 1.29 is 13.6 Å². The summed E-state index contributed by atoms with van der Waals surface area (Å²) >= 11 is 1.23. The second-order valence-corrected chi connectivity index (χ2v) is 7.94. The number of fused-ring (bicyclic) bond motifs is 1. The SMILES string of the molecule is Cc1nc(-c2ccc(F)c(F)c2)sc1C(=O)N1CC2CCC(N)C2C1.Cl. The molecule has 1 amide bonds. The molecule has 2 fully saturated rings. The van der Waals surface area contributed by atoms with Gasteiger partial charge in [0.1, 0.15) is 9.88 Å². The molecule has 4 nitrogen and oxygen atoms in total. The number of nitrogens with zero attached hydrogens (tertiary/aromatic N) is 2. The van der Waals surface area contributed by atoms with Gasteiger partial charge in [-0.3, -0.25) is 4.79 Å². The molecule has 140 valence electrons. The van der Waals surface area contributed by atoms with E-state index in [4.69, 9.17) is 5.73 Å². The topological polar surface area (TPSA) is 59.2 Å². The number of likely N-dealkylation sites (tertiary alicyclic amines) is 1. The lowest BCUT2D eigenvalue weighted by Crippen LogP contribution is -2.33. The van der Waals surface area contributed by atoms with Gasteiger partial charge in [0.2, 0.25) is 0 Å². The van der Waals surface area contributed by atoms with Crippen molar-refractivity contribution in [2.75, 3.05) is 13.1 Å². The number of rotatable bonds is 2. The van der Waals surface area contributed by atoms with Crippen molar-refractivity contribution in [1.82, 2.24) is 9.88 Å². The molecule has 2 heterocycles. The molecule has 8 heteroatoms. The van der Waals surface area contributed by atoms with Crippen LogP contribution in [0.15, 0.2) is 18.2 Å². The van der Waals surface area contributed by atoms with Gasteiger partial charge in [0.25, 0.3) is 5.91 Å². The molecule has 4 rings (SSSR count). The van der Waals surface area contributed by atoms with Crippen LogP contribution in [-0.4, -0.2) is 34.9 Å². The number of carbonyl (C=O) groups excluding carboxylic acids is 1. The van der Waals surface area contributed by atoms with E-state index in [0.29, 0.717) is 39.5 Å². The number of carbonyl (C=O) groups is 1. The molecule has 1 aromatic heterocycles. The van der Waals surface area contributed by atoms with E-state index in [0.717, 1.165) is 31.5 Å². The lowest BCUT2D eigenvalue weighted by molar-refractivity contribution is 0.0783. The van der Waals surface area contributed by atoms with E-state index in [9.17, 15) is 13.6 Å². The van der Waals surface area contributed by atoms with Crippen LogP contribution < -0.4 is 5.73 Å². The van der Waals surface area contributed by atoms with Crippen LogP contribution in [0.1, 0.15) is 28.2 Å². The van der Waals surface area contributed by atoms with E-state index in [1.807, 2.05) is 4.90 Å². The molecule has 1 aliphatic heterocycles. The Labute approximate surface area is 160 Å². The molecule has 0 radical (unpaired) electrons. The van der Waals surface area contributed by atoms with Crippen molar-refractivity contribution in [3.8, 4) is 10.6 Å². The second-order valence-electron chi connectivity index (χ2n) is 6.94. The number of halogens is 3. The van der Waals surface area contributed by atoms with Crippen LogP contribution in [0.4, 0.5) is 8.78 Å². The molecule has 1 aromatic carbocycles. The predicted molar refractivity (Wildman–Crippen MR) is 99.5 cm³/mol. The van der Waals surface area contributed by atoms with E-state index in [1.165, 1.54) is 17.4 Å². The summed E-state index contributed by atoms with van der Waals surface area (Å²) in [6.07, 6.45) is 2.12. The highest BCUT2D eigenvalue weighted by atomic mass is 35.5. The highest BCUT2D eigenvalue weighted by molar-refractivity contribution is 7.17. The van der Waals surface area contributed by atoms with Gasteiger partial charge in [-0.2, -0.15) is 0 Å². The maximum Gasteiger partial charge on any atom is 0.265 e. The quantitative estimate of drug-likeness (QED) is 0.838. The summed E-state index contributed by atoms with van der Waals surface area (Å²) in [5, 5.41) is 0.524. The number of benzene rings is 1. The first-order valence-corrected chi connectivity index (χ1v) is 9.23. The zero-order valence-electron chi connectivity index (χ0n) is 14.2. The third-order valence-corrected chi connectivity index (χ3v) is 6.55. The minimum Gasteiger partial charge on any atom is -0.337 e. The van der Waals surface area contributed by atoms with E-state index in [-0.39, 0.29) is 24.4 Å². The van der Waals surface area contributed by atoms with Crippen molar-refractivity contribution in [3.63, 3.8) is 0 Å². The zero-order valence-corrected chi connectivity index (χ0v) is 15.9. The van der Waals surface area contributed by atoms with Crippen LogP contribution in [0, 0.1) is 30.4 Å². The first kappa shape index (κ1) is 19.2. The maximum absolute atomic E-state index is 13.5. The van der Waals surface area contributed by atoms with E-state index >= 15 is 0 Å². The second kappa shape index (κ2) is 7.21. The Morgan fingerprint density at radius 1 is 1.27 bits per heavy atom. The minimum atomic E-state index is -0.917. The third-order valence-electron chi connectivity index (χ3n) is 5.36. The molecule has 0 bridgehead atoms. The number of nitrogens with two attached hydrogens (primary N) is 1. The number of hydrogen-bond acceptors (Lipinski definition) is 4. The van der Waals surface area contributed by atoms with Crippen molar-refractivity contribution in [1.29, 1.82) is 0 Å². The average molecular weight is 400 g/mol. The lowest BCUT2D eigenvalue weighted by atomic mass is 9.98. The fourth-order valence-corrected chi connectivity index (χ4v) is 4.99. The summed E-state index contributed by atoms with van der Waals surface area (Å²) in [6, 6.07) is 3.85. The minimum absolute atomic E-state index is 0. The van der Waals surface area contributed by atoms with Gasteiger partial charge in [-0.15, -0.1) is 23.7 Å². The van der Waals surface area contributed by atoms with Gasteiger partial charge < -0.3 is 10.6 Å². The molecule has 2 aromatic rings. The van der Waals surface area contributed by atoms with Crippen molar-refractivity contribution >= 4 is 29.7 Å². The van der Waals surface area contributed by atoms with Gasteiger partial charge in [0, 0.05) is 24.7 Å². The summed E-state index contributed by atoms with van der Waals surface area (Å²) in [7, 11) is 0. The first-order valence-electron chi connectivity index (χ1n) is 8.41. The Hall–Kier alpha value is -1.57. The molecule has 2 N–H and O–H groups in total.